The summed E-state index contributed by atoms with van der Waals surface area (Å²) in [4.78, 5) is 35.3. The maximum atomic E-state index is 13.5. The second-order valence-corrected chi connectivity index (χ2v) is 11.5. The second kappa shape index (κ2) is 12.1. The number of halogens is 1. The fourth-order valence-corrected chi connectivity index (χ4v) is 5.89. The van der Waals surface area contributed by atoms with Crippen molar-refractivity contribution in [3.63, 3.8) is 0 Å². The van der Waals surface area contributed by atoms with E-state index in [0.29, 0.717) is 49.0 Å². The van der Waals surface area contributed by atoms with E-state index in [1.165, 1.54) is 12.1 Å². The van der Waals surface area contributed by atoms with Crippen LogP contribution in [0.3, 0.4) is 0 Å². The van der Waals surface area contributed by atoms with E-state index >= 15 is 0 Å². The molecule has 0 unspecified atom stereocenters. The van der Waals surface area contributed by atoms with Gasteiger partial charge in [-0.25, -0.2) is 9.18 Å². The van der Waals surface area contributed by atoms with E-state index in [1.54, 1.807) is 42.6 Å². The SMILES string of the molecule is O=c1oc2ccccc2cc1-c1nnc(Sc2nc(Oc3cccc4cccnc34)nc(N3CCN(c4ccc(F)cc4)CC3)n2)o1. The Labute approximate surface area is 269 Å². The van der Waals surface area contributed by atoms with Crippen molar-refractivity contribution in [1.29, 1.82) is 0 Å². The van der Waals surface area contributed by atoms with E-state index < -0.39 is 5.63 Å². The molecular formula is C33H23FN8O4S. The molecule has 0 bridgehead atoms. The van der Waals surface area contributed by atoms with Gasteiger partial charge < -0.3 is 23.4 Å². The molecule has 0 aliphatic carbocycles. The van der Waals surface area contributed by atoms with Crippen LogP contribution in [-0.4, -0.2) is 56.3 Å². The summed E-state index contributed by atoms with van der Waals surface area (Å²) < 4.78 is 31.0. The van der Waals surface area contributed by atoms with Crippen LogP contribution in [0.15, 0.2) is 115 Å². The molecule has 232 valence electrons. The van der Waals surface area contributed by atoms with Crippen LogP contribution < -0.4 is 20.2 Å². The first-order chi connectivity index (χ1) is 23.1. The third kappa shape index (κ3) is 5.93. The first-order valence-electron chi connectivity index (χ1n) is 14.6. The number of hydrogen-bond donors (Lipinski definition) is 0. The second-order valence-electron chi connectivity index (χ2n) is 10.5. The van der Waals surface area contributed by atoms with Gasteiger partial charge in [0.1, 0.15) is 22.5 Å². The summed E-state index contributed by atoms with van der Waals surface area (Å²) in [5.74, 6) is 0.627. The molecule has 1 aliphatic heterocycles. The number of hydrogen-bond acceptors (Lipinski definition) is 13. The van der Waals surface area contributed by atoms with Crippen molar-refractivity contribution in [2.45, 2.75) is 10.4 Å². The van der Waals surface area contributed by atoms with Crippen molar-refractivity contribution in [2.24, 2.45) is 0 Å². The number of para-hydroxylation sites is 2. The van der Waals surface area contributed by atoms with Crippen molar-refractivity contribution in [3.05, 3.63) is 107 Å². The molecule has 1 fully saturated rings. The lowest BCUT2D eigenvalue weighted by Crippen LogP contribution is -2.47. The lowest BCUT2D eigenvalue weighted by molar-refractivity contribution is 0.433. The predicted molar refractivity (Wildman–Crippen MR) is 172 cm³/mol. The third-order valence-corrected chi connectivity index (χ3v) is 8.30. The molecule has 8 rings (SSSR count). The highest BCUT2D eigenvalue weighted by Crippen LogP contribution is 2.32. The van der Waals surface area contributed by atoms with E-state index in [1.807, 2.05) is 41.3 Å². The number of pyridine rings is 1. The highest BCUT2D eigenvalue weighted by atomic mass is 32.2. The molecule has 0 spiro atoms. The van der Waals surface area contributed by atoms with Crippen molar-refractivity contribution in [2.75, 3.05) is 36.0 Å². The molecule has 0 atom stereocenters. The monoisotopic (exact) mass is 646 g/mol. The molecule has 12 nitrogen and oxygen atoms in total. The molecular weight excluding hydrogens is 623 g/mol. The molecule has 0 saturated carbocycles. The molecule has 0 N–H and O–H groups in total. The van der Waals surface area contributed by atoms with Gasteiger partial charge in [-0.2, -0.15) is 15.0 Å². The molecule has 3 aromatic carbocycles. The standard InChI is InChI=1S/C33H23FN8O4S/c34-22-10-12-23(13-11-22)41-15-17-42(18-16-41)30-36-31(45-26-9-3-6-20-7-4-14-35-27(20)26)38-32(37-30)47-33-40-39-28(46-33)24-19-21-5-1-2-8-25(21)44-29(24)43/h1-14,19H,15-18H2. The van der Waals surface area contributed by atoms with E-state index in [2.05, 4.69) is 30.0 Å². The first-order valence-corrected chi connectivity index (χ1v) is 15.5. The van der Waals surface area contributed by atoms with Crippen LogP contribution in [0, 0.1) is 5.82 Å². The maximum absolute atomic E-state index is 13.5. The number of piperazine rings is 1. The van der Waals surface area contributed by atoms with Crippen molar-refractivity contribution in [1.82, 2.24) is 30.1 Å². The summed E-state index contributed by atoms with van der Waals surface area (Å²) in [6, 6.07) is 24.8. The lowest BCUT2D eigenvalue weighted by Gasteiger charge is -2.36. The summed E-state index contributed by atoms with van der Waals surface area (Å²) in [5.41, 5.74) is 1.62. The first kappa shape index (κ1) is 28.6. The minimum Gasteiger partial charge on any atom is -0.422 e. The molecule has 0 amide bonds. The van der Waals surface area contributed by atoms with Gasteiger partial charge in [-0.05, 0) is 48.5 Å². The fourth-order valence-electron chi connectivity index (χ4n) is 5.28. The number of nitrogens with zero attached hydrogens (tertiary/aromatic N) is 8. The molecule has 14 heteroatoms. The minimum absolute atomic E-state index is 0.0106. The smallest absolute Gasteiger partial charge is 0.349 e. The Balaban J connectivity index is 1.10. The van der Waals surface area contributed by atoms with Crippen LogP contribution in [0.2, 0.25) is 0 Å². The third-order valence-electron chi connectivity index (χ3n) is 7.59. The zero-order valence-electron chi connectivity index (χ0n) is 24.5. The van der Waals surface area contributed by atoms with Gasteiger partial charge in [-0.1, -0.05) is 36.4 Å². The predicted octanol–water partition coefficient (Wildman–Crippen LogP) is 5.99. The summed E-state index contributed by atoms with van der Waals surface area (Å²) in [5, 5.41) is 10.2. The Morgan fingerprint density at radius 2 is 1.57 bits per heavy atom. The van der Waals surface area contributed by atoms with E-state index in [4.69, 9.17) is 18.6 Å². The van der Waals surface area contributed by atoms with E-state index in [9.17, 15) is 9.18 Å². The zero-order chi connectivity index (χ0) is 31.7. The minimum atomic E-state index is -0.592. The van der Waals surface area contributed by atoms with Gasteiger partial charge in [0.25, 0.3) is 11.1 Å². The molecule has 47 heavy (non-hydrogen) atoms. The average molecular weight is 647 g/mol. The lowest BCUT2D eigenvalue weighted by atomic mass is 10.2. The quantitative estimate of drug-likeness (QED) is 0.188. The van der Waals surface area contributed by atoms with Crippen LogP contribution >= 0.6 is 11.8 Å². The van der Waals surface area contributed by atoms with Crippen LogP contribution in [0.25, 0.3) is 33.3 Å². The summed E-state index contributed by atoms with van der Waals surface area (Å²) in [6.07, 6.45) is 1.69. The van der Waals surface area contributed by atoms with Gasteiger partial charge in [0, 0.05) is 60.6 Å². The Hall–Kier alpha value is -5.89. The average Bonchev–Trinajstić information content (AvgIpc) is 3.56. The number of rotatable bonds is 7. The maximum Gasteiger partial charge on any atom is 0.349 e. The van der Waals surface area contributed by atoms with Gasteiger partial charge in [-0.3, -0.25) is 4.98 Å². The molecule has 0 radical (unpaired) electrons. The Bertz CT molecular complexity index is 2280. The number of ether oxygens (including phenoxy) is 1. The Kier molecular flexibility index (Phi) is 7.38. The van der Waals surface area contributed by atoms with Crippen molar-refractivity contribution in [3.8, 4) is 23.2 Å². The van der Waals surface area contributed by atoms with Crippen LogP contribution in [0.4, 0.5) is 16.0 Å². The van der Waals surface area contributed by atoms with Gasteiger partial charge in [0.15, 0.2) is 5.75 Å². The number of anilines is 2. The molecule has 1 aliphatic rings. The fraction of sp³-hybridized carbons (Fsp3) is 0.121. The topological polar surface area (TPSA) is 136 Å². The number of aromatic nitrogens is 6. The van der Waals surface area contributed by atoms with Crippen molar-refractivity contribution < 1.29 is 18.0 Å². The summed E-state index contributed by atoms with van der Waals surface area (Å²) in [6.45, 7) is 2.54. The molecule has 4 aromatic heterocycles. The Morgan fingerprint density at radius 3 is 2.45 bits per heavy atom. The van der Waals surface area contributed by atoms with Crippen LogP contribution in [0.5, 0.6) is 11.8 Å². The molecule has 1 saturated heterocycles. The van der Waals surface area contributed by atoms with Gasteiger partial charge in [0.05, 0.1) is 0 Å². The summed E-state index contributed by atoms with van der Waals surface area (Å²) >= 11 is 1.01. The normalized spacial score (nSPS) is 13.4. The number of benzene rings is 3. The zero-order valence-corrected chi connectivity index (χ0v) is 25.3. The van der Waals surface area contributed by atoms with Crippen LogP contribution in [-0.2, 0) is 0 Å². The highest BCUT2D eigenvalue weighted by molar-refractivity contribution is 7.98. The van der Waals surface area contributed by atoms with E-state index in [-0.39, 0.29) is 33.7 Å². The van der Waals surface area contributed by atoms with Gasteiger partial charge in [-0.15, -0.1) is 10.2 Å². The molecule has 7 aromatic rings. The molecule has 5 heterocycles. The Morgan fingerprint density at radius 1 is 0.787 bits per heavy atom. The summed E-state index contributed by atoms with van der Waals surface area (Å²) in [7, 11) is 0. The number of fused-ring (bicyclic) bond motifs is 2. The van der Waals surface area contributed by atoms with E-state index in [0.717, 1.165) is 28.2 Å². The van der Waals surface area contributed by atoms with Gasteiger partial charge >= 0.3 is 11.6 Å². The van der Waals surface area contributed by atoms with Crippen LogP contribution in [0.1, 0.15) is 0 Å². The highest BCUT2D eigenvalue weighted by Gasteiger charge is 2.23. The van der Waals surface area contributed by atoms with Crippen molar-refractivity contribution >= 4 is 45.3 Å². The van der Waals surface area contributed by atoms with Gasteiger partial charge in [0.2, 0.25) is 11.1 Å². The largest absolute Gasteiger partial charge is 0.422 e.